The van der Waals surface area contributed by atoms with Gasteiger partial charge in [-0.3, -0.25) is 9.59 Å². The first-order valence-corrected chi connectivity index (χ1v) is 13.9. The second-order valence-corrected chi connectivity index (χ2v) is 13.0. The lowest BCUT2D eigenvalue weighted by atomic mass is 9.43. The van der Waals surface area contributed by atoms with Crippen molar-refractivity contribution < 1.29 is 24.2 Å². The van der Waals surface area contributed by atoms with Gasteiger partial charge in [-0.2, -0.15) is 0 Å². The van der Waals surface area contributed by atoms with Gasteiger partial charge >= 0.3 is 5.97 Å². The maximum atomic E-state index is 13.9. The lowest BCUT2D eigenvalue weighted by molar-refractivity contribution is -0.173. The van der Waals surface area contributed by atoms with Gasteiger partial charge in [-0.1, -0.05) is 52.0 Å². The van der Waals surface area contributed by atoms with Gasteiger partial charge < -0.3 is 14.6 Å². The second kappa shape index (κ2) is 8.55. The normalized spacial score (nSPS) is 47.0. The number of esters is 1. The van der Waals surface area contributed by atoms with E-state index in [2.05, 4.69) is 46.4 Å². The van der Waals surface area contributed by atoms with Crippen LogP contribution in [0.5, 0.6) is 0 Å². The third kappa shape index (κ3) is 3.62. The van der Waals surface area contributed by atoms with Gasteiger partial charge in [0, 0.05) is 24.7 Å². The number of hydrogen-bond donors (Lipinski definition) is 1. The van der Waals surface area contributed by atoms with Gasteiger partial charge in [-0.05, 0) is 73.5 Å². The number of ether oxygens (including phenoxy) is 2. The van der Waals surface area contributed by atoms with Crippen LogP contribution in [0.3, 0.4) is 0 Å². The number of aliphatic hydroxyl groups excluding tert-OH is 1. The highest BCUT2D eigenvalue weighted by Gasteiger charge is 2.81. The average Bonchev–Trinajstić information content (AvgIpc) is 3.41. The highest BCUT2D eigenvalue weighted by molar-refractivity contribution is 5.92. The number of fused-ring (bicyclic) bond motifs is 4. The number of aliphatic hydroxyl groups is 1. The molecule has 5 heteroatoms. The van der Waals surface area contributed by atoms with Crippen LogP contribution in [-0.4, -0.2) is 41.3 Å². The standard InChI is InChI=1S/C30H44O5/c1-17(2)18(3)7-8-19(4)22-9-10-23-25-24(12-13-28(22,23)6)29(16-34-20(5)31)14-11-21(32)15-30(29)27(35-30)26(25)33/h7-8,17,19,21-25,27,32H,3,9-16H2,1-2,4-6H3/b8-7+/t19-,21+,22-,23+,24+,25+,27-,28-,29+,30-/m1/s1. The number of rotatable bonds is 6. The molecule has 1 N–H and O–H groups in total. The molecule has 0 aromatic heterocycles. The summed E-state index contributed by atoms with van der Waals surface area (Å²) in [6.07, 6.45) is 9.85. The minimum absolute atomic E-state index is 0.0352. The van der Waals surface area contributed by atoms with Gasteiger partial charge in [0.25, 0.3) is 0 Å². The molecule has 1 aliphatic heterocycles. The number of Topliss-reactive ketones (excluding diaryl/α,β-unsaturated/α-hetero) is 1. The quantitative estimate of drug-likeness (QED) is 0.316. The van der Waals surface area contributed by atoms with Gasteiger partial charge in [0.15, 0.2) is 5.78 Å². The molecule has 0 amide bonds. The van der Waals surface area contributed by atoms with Crippen LogP contribution in [-0.2, 0) is 19.1 Å². The zero-order valence-electron chi connectivity index (χ0n) is 22.2. The fourth-order valence-electron chi connectivity index (χ4n) is 9.16. The predicted octanol–water partition coefficient (Wildman–Crippen LogP) is 5.26. The number of epoxide rings is 1. The second-order valence-electron chi connectivity index (χ2n) is 13.0. The highest BCUT2D eigenvalue weighted by atomic mass is 16.6. The fourth-order valence-corrected chi connectivity index (χ4v) is 9.16. The number of allylic oxidation sites excluding steroid dienone is 3. The van der Waals surface area contributed by atoms with Gasteiger partial charge in [-0.15, -0.1) is 0 Å². The Bertz CT molecular complexity index is 937. The Balaban J connectivity index is 1.45. The minimum atomic E-state index is -0.642. The summed E-state index contributed by atoms with van der Waals surface area (Å²) in [5.74, 6) is 1.87. The summed E-state index contributed by atoms with van der Waals surface area (Å²) >= 11 is 0. The minimum Gasteiger partial charge on any atom is -0.465 e. The Hall–Kier alpha value is -1.46. The Morgan fingerprint density at radius 2 is 1.94 bits per heavy atom. The van der Waals surface area contributed by atoms with Crippen LogP contribution < -0.4 is 0 Å². The summed E-state index contributed by atoms with van der Waals surface area (Å²) < 4.78 is 12.0. The molecule has 194 valence electrons. The van der Waals surface area contributed by atoms with E-state index < -0.39 is 17.8 Å². The van der Waals surface area contributed by atoms with E-state index in [1.165, 1.54) is 6.92 Å². The Kier molecular flexibility index (Phi) is 6.15. The van der Waals surface area contributed by atoms with Crippen molar-refractivity contribution in [3.05, 3.63) is 24.3 Å². The number of carbonyl (C=O) groups is 2. The summed E-state index contributed by atoms with van der Waals surface area (Å²) in [5, 5.41) is 10.5. The molecule has 5 aliphatic rings. The molecule has 0 aromatic rings. The first-order valence-electron chi connectivity index (χ1n) is 13.9. The van der Waals surface area contributed by atoms with Crippen LogP contribution in [0.2, 0.25) is 0 Å². The largest absolute Gasteiger partial charge is 0.465 e. The molecule has 1 spiro atoms. The molecule has 4 saturated carbocycles. The summed E-state index contributed by atoms with van der Waals surface area (Å²) in [4.78, 5) is 25.8. The van der Waals surface area contributed by atoms with E-state index in [0.717, 1.165) is 37.7 Å². The smallest absolute Gasteiger partial charge is 0.302 e. The van der Waals surface area contributed by atoms with E-state index in [1.807, 2.05) is 0 Å². The molecule has 0 aromatic carbocycles. The maximum Gasteiger partial charge on any atom is 0.302 e. The molecule has 5 rings (SSSR count). The maximum absolute atomic E-state index is 13.9. The number of hydrogen-bond acceptors (Lipinski definition) is 5. The molecule has 4 aliphatic carbocycles. The van der Waals surface area contributed by atoms with Gasteiger partial charge in [-0.25, -0.2) is 0 Å². The van der Waals surface area contributed by atoms with E-state index in [4.69, 9.17) is 9.47 Å². The van der Waals surface area contributed by atoms with E-state index in [9.17, 15) is 14.7 Å². The molecule has 5 fully saturated rings. The topological polar surface area (TPSA) is 76.1 Å². The van der Waals surface area contributed by atoms with Crippen LogP contribution in [0.15, 0.2) is 24.3 Å². The van der Waals surface area contributed by atoms with Crippen molar-refractivity contribution >= 4 is 11.8 Å². The van der Waals surface area contributed by atoms with Gasteiger partial charge in [0.05, 0.1) is 6.10 Å². The predicted molar refractivity (Wildman–Crippen MR) is 134 cm³/mol. The van der Waals surface area contributed by atoms with E-state index in [0.29, 0.717) is 43.1 Å². The molecular weight excluding hydrogens is 440 g/mol. The highest BCUT2D eigenvalue weighted by Crippen LogP contribution is 2.73. The van der Waals surface area contributed by atoms with Crippen LogP contribution in [0.4, 0.5) is 0 Å². The Morgan fingerprint density at radius 3 is 2.63 bits per heavy atom. The summed E-state index contributed by atoms with van der Waals surface area (Å²) in [7, 11) is 0. The molecule has 10 atom stereocenters. The molecule has 1 heterocycles. The molecule has 35 heavy (non-hydrogen) atoms. The lowest BCUT2D eigenvalue weighted by Gasteiger charge is -2.59. The lowest BCUT2D eigenvalue weighted by Crippen LogP contribution is -2.64. The monoisotopic (exact) mass is 484 g/mol. The SMILES string of the molecule is C=C(/C=C/[C@@H](C)[C@H]1CC[C@H]2[C@@H]3C(=O)[C@H]4O[C@]45C[C@@H](O)CC[C@]5(COC(C)=O)[C@H]3CC[C@]12C)C(C)C. The van der Waals surface area contributed by atoms with Crippen molar-refractivity contribution in [2.45, 2.75) is 97.4 Å². The van der Waals surface area contributed by atoms with Gasteiger partial charge in [0.2, 0.25) is 0 Å². The third-order valence-corrected chi connectivity index (χ3v) is 11.2. The Labute approximate surface area is 210 Å². The summed E-state index contributed by atoms with van der Waals surface area (Å²) in [5.41, 5.74) is 0.279. The number of carbonyl (C=O) groups excluding carboxylic acids is 2. The first kappa shape index (κ1) is 25.2. The van der Waals surface area contributed by atoms with Crippen LogP contribution in [0, 0.1) is 46.3 Å². The van der Waals surface area contributed by atoms with Crippen molar-refractivity contribution in [3.63, 3.8) is 0 Å². The van der Waals surface area contributed by atoms with Gasteiger partial charge in [0.1, 0.15) is 18.3 Å². The van der Waals surface area contributed by atoms with E-state index in [-0.39, 0.29) is 34.4 Å². The van der Waals surface area contributed by atoms with Crippen molar-refractivity contribution in [1.82, 2.24) is 0 Å². The van der Waals surface area contributed by atoms with Crippen molar-refractivity contribution in [3.8, 4) is 0 Å². The van der Waals surface area contributed by atoms with Crippen LogP contribution in [0.1, 0.15) is 79.6 Å². The van der Waals surface area contributed by atoms with Crippen molar-refractivity contribution in [1.29, 1.82) is 0 Å². The van der Waals surface area contributed by atoms with E-state index >= 15 is 0 Å². The molecule has 0 bridgehead atoms. The Morgan fingerprint density at radius 1 is 1.20 bits per heavy atom. The summed E-state index contributed by atoms with van der Waals surface area (Å²) in [6.45, 7) is 15.1. The number of ketones is 1. The van der Waals surface area contributed by atoms with E-state index in [1.54, 1.807) is 0 Å². The zero-order valence-corrected chi connectivity index (χ0v) is 22.2. The van der Waals surface area contributed by atoms with Crippen LogP contribution in [0.25, 0.3) is 0 Å². The average molecular weight is 485 g/mol. The first-order chi connectivity index (χ1) is 16.5. The van der Waals surface area contributed by atoms with Crippen molar-refractivity contribution in [2.24, 2.45) is 46.3 Å². The van der Waals surface area contributed by atoms with Crippen LogP contribution >= 0.6 is 0 Å². The molecular formula is C30H44O5. The molecule has 0 radical (unpaired) electrons. The molecule has 5 nitrogen and oxygen atoms in total. The third-order valence-electron chi connectivity index (χ3n) is 11.2. The summed E-state index contributed by atoms with van der Waals surface area (Å²) in [6, 6.07) is 0. The van der Waals surface area contributed by atoms with Crippen molar-refractivity contribution in [2.75, 3.05) is 6.61 Å². The molecule has 0 unspecified atom stereocenters. The zero-order chi connectivity index (χ0) is 25.3. The fraction of sp³-hybridized carbons (Fsp3) is 0.800. The molecule has 1 saturated heterocycles.